The van der Waals surface area contributed by atoms with Crippen LogP contribution in [0.3, 0.4) is 0 Å². The highest BCUT2D eigenvalue weighted by molar-refractivity contribution is 7.80. The van der Waals surface area contributed by atoms with Crippen LogP contribution in [-0.4, -0.2) is 16.3 Å². The van der Waals surface area contributed by atoms with Gasteiger partial charge in [-0.3, -0.25) is 5.43 Å². The quantitative estimate of drug-likeness (QED) is 0.251. The van der Waals surface area contributed by atoms with Gasteiger partial charge in [0.1, 0.15) is 5.15 Å². The zero-order valence-corrected chi connectivity index (χ0v) is 12.4. The Balaban J connectivity index is 2.18. The minimum Gasteiger partial charge on any atom is -0.375 e. The number of hydrazone groups is 1. The maximum Gasteiger partial charge on any atom is 0.184 e. The highest BCUT2D eigenvalue weighted by atomic mass is 35.5. The lowest BCUT2D eigenvalue weighted by atomic mass is 10.0. The fourth-order valence-electron chi connectivity index (χ4n) is 2.17. The Labute approximate surface area is 131 Å². The van der Waals surface area contributed by atoms with Gasteiger partial charge in [0, 0.05) is 10.9 Å². The average Bonchev–Trinajstić information content (AvgIpc) is 2.47. The predicted molar refractivity (Wildman–Crippen MR) is 91.8 cm³/mol. The molecule has 0 saturated carbocycles. The highest BCUT2D eigenvalue weighted by Crippen LogP contribution is 2.27. The van der Waals surface area contributed by atoms with Gasteiger partial charge < -0.3 is 5.73 Å². The molecule has 3 N–H and O–H groups in total. The van der Waals surface area contributed by atoms with Crippen molar-refractivity contribution in [3.8, 4) is 0 Å². The third-order valence-electron chi connectivity index (χ3n) is 3.08. The van der Waals surface area contributed by atoms with Crippen molar-refractivity contribution in [1.82, 2.24) is 10.4 Å². The number of hydrogen-bond acceptors (Lipinski definition) is 3. The molecule has 0 aliphatic carbocycles. The van der Waals surface area contributed by atoms with Crippen LogP contribution >= 0.6 is 23.8 Å². The number of nitrogens with one attached hydrogen (secondary N) is 1. The molecule has 3 rings (SSSR count). The molecule has 0 aliphatic rings. The van der Waals surface area contributed by atoms with E-state index in [4.69, 9.17) is 17.3 Å². The molecule has 0 radical (unpaired) electrons. The average molecular weight is 315 g/mol. The molecule has 0 amide bonds. The number of nitrogens with two attached hydrogens (primary N) is 1. The van der Waals surface area contributed by atoms with Gasteiger partial charge in [-0.05, 0) is 35.1 Å². The molecular formula is C15H11ClN4S. The van der Waals surface area contributed by atoms with E-state index in [2.05, 4.69) is 39.9 Å². The molecule has 2 aromatic carbocycles. The van der Waals surface area contributed by atoms with Gasteiger partial charge in [-0.2, -0.15) is 5.10 Å². The lowest BCUT2D eigenvalue weighted by Gasteiger charge is -2.06. The molecule has 0 spiro atoms. The van der Waals surface area contributed by atoms with Gasteiger partial charge in [0.2, 0.25) is 0 Å². The summed E-state index contributed by atoms with van der Waals surface area (Å²) in [5.74, 6) is 0. The van der Waals surface area contributed by atoms with E-state index < -0.39 is 0 Å². The monoisotopic (exact) mass is 314 g/mol. The third-order valence-corrected chi connectivity index (χ3v) is 3.48. The number of hydrogen-bond donors (Lipinski definition) is 2. The first-order valence-corrected chi connectivity index (χ1v) is 7.00. The minimum atomic E-state index is 0.0987. The molecule has 0 bridgehead atoms. The van der Waals surface area contributed by atoms with E-state index in [0.717, 1.165) is 21.7 Å². The number of thiocarbonyl (C=S) groups is 1. The Bertz CT molecular complexity index is 876. The van der Waals surface area contributed by atoms with Gasteiger partial charge in [-0.1, -0.05) is 41.9 Å². The Hall–Kier alpha value is -2.24. The van der Waals surface area contributed by atoms with Crippen LogP contribution in [0.25, 0.3) is 21.7 Å². The summed E-state index contributed by atoms with van der Waals surface area (Å²) in [6, 6.07) is 14.1. The van der Waals surface area contributed by atoms with Gasteiger partial charge in [0.15, 0.2) is 5.11 Å². The van der Waals surface area contributed by atoms with Crippen LogP contribution < -0.4 is 11.2 Å². The second kappa shape index (κ2) is 5.63. The molecule has 1 aromatic heterocycles. The molecule has 0 saturated heterocycles. The van der Waals surface area contributed by atoms with E-state index in [1.807, 2.05) is 30.3 Å². The highest BCUT2D eigenvalue weighted by Gasteiger charge is 2.06. The van der Waals surface area contributed by atoms with Gasteiger partial charge in [-0.25, -0.2) is 4.98 Å². The number of nitrogens with zero attached hydrogens (tertiary/aromatic N) is 2. The van der Waals surface area contributed by atoms with Gasteiger partial charge >= 0.3 is 0 Å². The van der Waals surface area contributed by atoms with E-state index in [0.29, 0.717) is 10.7 Å². The molecule has 0 fully saturated rings. The van der Waals surface area contributed by atoms with E-state index in [9.17, 15) is 0 Å². The van der Waals surface area contributed by atoms with Crippen molar-refractivity contribution >= 4 is 56.8 Å². The summed E-state index contributed by atoms with van der Waals surface area (Å²) in [7, 11) is 0. The lowest BCUT2D eigenvalue weighted by Crippen LogP contribution is -2.24. The molecule has 3 aromatic rings. The Morgan fingerprint density at radius 1 is 1.24 bits per heavy atom. The topological polar surface area (TPSA) is 63.3 Å². The van der Waals surface area contributed by atoms with Crippen molar-refractivity contribution in [2.45, 2.75) is 0 Å². The second-order valence-corrected chi connectivity index (χ2v) is 5.25. The zero-order valence-electron chi connectivity index (χ0n) is 10.9. The normalized spacial score (nSPS) is 11.3. The number of halogens is 1. The number of aromatic nitrogens is 1. The van der Waals surface area contributed by atoms with E-state index in [1.54, 1.807) is 6.21 Å². The van der Waals surface area contributed by atoms with Crippen LogP contribution in [0, 0.1) is 0 Å². The summed E-state index contributed by atoms with van der Waals surface area (Å²) in [4.78, 5) is 4.41. The fraction of sp³-hybridized carbons (Fsp3) is 0. The largest absolute Gasteiger partial charge is 0.375 e. The van der Waals surface area contributed by atoms with Crippen molar-refractivity contribution in [3.05, 3.63) is 53.2 Å². The van der Waals surface area contributed by atoms with Crippen molar-refractivity contribution in [3.63, 3.8) is 0 Å². The summed E-state index contributed by atoms with van der Waals surface area (Å²) in [5, 5.41) is 7.70. The number of pyridine rings is 1. The van der Waals surface area contributed by atoms with Crippen LogP contribution in [0.2, 0.25) is 5.15 Å². The molecule has 104 valence electrons. The maximum atomic E-state index is 6.18. The van der Waals surface area contributed by atoms with Crippen LogP contribution in [0.5, 0.6) is 0 Å². The van der Waals surface area contributed by atoms with Crippen LogP contribution in [0.1, 0.15) is 5.56 Å². The molecular weight excluding hydrogens is 304 g/mol. The molecule has 0 atom stereocenters. The number of benzene rings is 2. The summed E-state index contributed by atoms with van der Waals surface area (Å²) in [5.41, 5.74) is 9.36. The standard InChI is InChI=1S/C15H11ClN4S/c16-14-10(8-18-20-15(17)21)7-12-11-4-2-1-3-9(11)5-6-13(12)19-14/h1-8H,(H3,17,20,21). The smallest absolute Gasteiger partial charge is 0.184 e. The Morgan fingerprint density at radius 2 is 2.05 bits per heavy atom. The third kappa shape index (κ3) is 2.79. The summed E-state index contributed by atoms with van der Waals surface area (Å²) in [6.45, 7) is 0. The molecule has 0 unspecified atom stereocenters. The summed E-state index contributed by atoms with van der Waals surface area (Å²) < 4.78 is 0. The van der Waals surface area contributed by atoms with Crippen molar-refractivity contribution in [1.29, 1.82) is 0 Å². The minimum absolute atomic E-state index is 0.0987. The number of fused-ring (bicyclic) bond motifs is 3. The van der Waals surface area contributed by atoms with Crippen molar-refractivity contribution in [2.75, 3.05) is 0 Å². The van der Waals surface area contributed by atoms with Crippen molar-refractivity contribution < 1.29 is 0 Å². The first-order chi connectivity index (χ1) is 10.1. The molecule has 4 nitrogen and oxygen atoms in total. The van der Waals surface area contributed by atoms with E-state index in [1.165, 1.54) is 0 Å². The molecule has 1 heterocycles. The molecule has 21 heavy (non-hydrogen) atoms. The van der Waals surface area contributed by atoms with Crippen LogP contribution in [0.4, 0.5) is 0 Å². The summed E-state index contributed by atoms with van der Waals surface area (Å²) >= 11 is 10.9. The Morgan fingerprint density at radius 3 is 2.86 bits per heavy atom. The van der Waals surface area contributed by atoms with Crippen LogP contribution in [-0.2, 0) is 0 Å². The van der Waals surface area contributed by atoms with E-state index in [-0.39, 0.29) is 5.11 Å². The maximum absolute atomic E-state index is 6.18. The Kier molecular flexibility index (Phi) is 3.68. The first kappa shape index (κ1) is 13.7. The van der Waals surface area contributed by atoms with Crippen LogP contribution in [0.15, 0.2) is 47.6 Å². The predicted octanol–water partition coefficient (Wildman–Crippen LogP) is 3.21. The molecule has 6 heteroatoms. The second-order valence-electron chi connectivity index (χ2n) is 4.46. The van der Waals surface area contributed by atoms with Crippen molar-refractivity contribution in [2.24, 2.45) is 10.8 Å². The number of rotatable bonds is 2. The lowest BCUT2D eigenvalue weighted by molar-refractivity contribution is 1.04. The van der Waals surface area contributed by atoms with E-state index >= 15 is 0 Å². The van der Waals surface area contributed by atoms with Gasteiger partial charge in [0.25, 0.3) is 0 Å². The SMILES string of the molecule is NC(=S)NN=Cc1cc2c(ccc3ccccc32)nc1Cl. The van der Waals surface area contributed by atoms with Gasteiger partial charge in [0.05, 0.1) is 11.7 Å². The molecule has 0 aliphatic heterocycles. The zero-order chi connectivity index (χ0) is 14.8. The summed E-state index contributed by atoms with van der Waals surface area (Å²) in [6.07, 6.45) is 1.55. The fourth-order valence-corrected chi connectivity index (χ4v) is 2.42. The van der Waals surface area contributed by atoms with Gasteiger partial charge in [-0.15, -0.1) is 0 Å². The first-order valence-electron chi connectivity index (χ1n) is 6.21.